The minimum atomic E-state index is -1.01. The van der Waals surface area contributed by atoms with Gasteiger partial charge in [-0.15, -0.1) is 0 Å². The summed E-state index contributed by atoms with van der Waals surface area (Å²) in [5.74, 6) is -1.69. The van der Waals surface area contributed by atoms with Crippen LogP contribution in [-0.4, -0.2) is 48.6 Å². The third-order valence-corrected chi connectivity index (χ3v) is 5.67. The van der Waals surface area contributed by atoms with Gasteiger partial charge in [0.05, 0.1) is 18.2 Å². The average Bonchev–Trinajstić information content (AvgIpc) is 3.03. The fourth-order valence-electron chi connectivity index (χ4n) is 4.17. The monoisotopic (exact) mass is 425 g/mol. The van der Waals surface area contributed by atoms with Gasteiger partial charge in [-0.05, 0) is 49.1 Å². The van der Waals surface area contributed by atoms with Crippen molar-refractivity contribution < 1.29 is 28.6 Å². The Kier molecular flexibility index (Phi) is 6.04. The molecule has 6 nitrogen and oxygen atoms in total. The van der Waals surface area contributed by atoms with Crippen LogP contribution in [0.25, 0.3) is 5.76 Å². The van der Waals surface area contributed by atoms with Gasteiger partial charge < -0.3 is 19.5 Å². The van der Waals surface area contributed by atoms with Crippen LogP contribution in [-0.2, 0) is 20.7 Å². The van der Waals surface area contributed by atoms with Crippen LogP contribution in [0, 0.1) is 5.82 Å². The Hall–Kier alpha value is -3.19. The second-order valence-corrected chi connectivity index (χ2v) is 7.63. The molecule has 0 saturated carbocycles. The Bertz CT molecular complexity index is 1050. The molecule has 1 atom stereocenters. The smallest absolute Gasteiger partial charge is 0.295 e. The first kappa shape index (κ1) is 21.1. The van der Waals surface area contributed by atoms with Crippen molar-refractivity contribution >= 4 is 17.4 Å². The number of ether oxygens (including phenoxy) is 2. The van der Waals surface area contributed by atoms with Crippen molar-refractivity contribution in [2.45, 2.75) is 25.3 Å². The first-order valence-electron chi connectivity index (χ1n) is 10.3. The molecule has 2 aliphatic heterocycles. The van der Waals surface area contributed by atoms with E-state index in [0.717, 1.165) is 24.2 Å². The van der Waals surface area contributed by atoms with Crippen LogP contribution in [0.2, 0.25) is 0 Å². The van der Waals surface area contributed by atoms with Crippen molar-refractivity contribution in [1.82, 2.24) is 4.90 Å². The molecule has 7 heteroatoms. The van der Waals surface area contributed by atoms with Gasteiger partial charge in [-0.25, -0.2) is 4.39 Å². The minimum absolute atomic E-state index is 0.107. The molecule has 1 amide bonds. The number of halogens is 1. The number of aliphatic hydroxyl groups excluding tert-OH is 1. The van der Waals surface area contributed by atoms with Crippen LogP contribution in [0.15, 0.2) is 48.0 Å². The lowest BCUT2D eigenvalue weighted by Gasteiger charge is -2.25. The Morgan fingerprint density at radius 3 is 2.84 bits per heavy atom. The number of carbonyl (C=O) groups is 2. The van der Waals surface area contributed by atoms with Gasteiger partial charge in [0, 0.05) is 31.4 Å². The highest BCUT2D eigenvalue weighted by atomic mass is 19.1. The summed E-state index contributed by atoms with van der Waals surface area (Å²) in [6.45, 7) is 1.22. The molecule has 162 valence electrons. The van der Waals surface area contributed by atoms with Gasteiger partial charge >= 0.3 is 0 Å². The third-order valence-electron chi connectivity index (χ3n) is 5.67. The summed E-state index contributed by atoms with van der Waals surface area (Å²) >= 11 is 0. The maximum absolute atomic E-state index is 14.7. The summed E-state index contributed by atoms with van der Waals surface area (Å²) in [7, 11) is 1.54. The van der Waals surface area contributed by atoms with Crippen molar-refractivity contribution in [3.05, 3.63) is 70.5 Å². The van der Waals surface area contributed by atoms with E-state index in [0.29, 0.717) is 25.2 Å². The van der Waals surface area contributed by atoms with Crippen molar-refractivity contribution in [1.29, 1.82) is 0 Å². The minimum Gasteiger partial charge on any atom is -0.507 e. The van der Waals surface area contributed by atoms with E-state index in [1.165, 1.54) is 17.0 Å². The molecule has 0 aliphatic carbocycles. The number of hydrogen-bond acceptors (Lipinski definition) is 5. The van der Waals surface area contributed by atoms with Gasteiger partial charge in [-0.1, -0.05) is 18.2 Å². The highest BCUT2D eigenvalue weighted by Gasteiger charge is 2.46. The summed E-state index contributed by atoms with van der Waals surface area (Å²) in [6, 6.07) is 10.1. The van der Waals surface area contributed by atoms with Crippen LogP contribution >= 0.6 is 0 Å². The molecule has 1 fully saturated rings. The SMILES string of the molecule is COCCCN1C(=O)C(=O)/C(=C(/O)c2ccc3c(c2)CCCO3)C1c1ccccc1F. The molecule has 0 bridgehead atoms. The summed E-state index contributed by atoms with van der Waals surface area (Å²) in [5.41, 5.74) is 1.39. The highest BCUT2D eigenvalue weighted by molar-refractivity contribution is 6.46. The molecule has 1 N–H and O–H groups in total. The fourth-order valence-corrected chi connectivity index (χ4v) is 4.17. The normalized spacial score (nSPS) is 19.9. The number of nitrogens with zero attached hydrogens (tertiary/aromatic N) is 1. The van der Waals surface area contributed by atoms with Crippen molar-refractivity contribution in [3.8, 4) is 5.75 Å². The number of amides is 1. The maximum Gasteiger partial charge on any atom is 0.295 e. The van der Waals surface area contributed by atoms with E-state index in [1.807, 2.05) is 0 Å². The van der Waals surface area contributed by atoms with Crippen molar-refractivity contribution in [2.24, 2.45) is 0 Å². The molecule has 31 heavy (non-hydrogen) atoms. The number of likely N-dealkylation sites (tertiary alicyclic amines) is 1. The lowest BCUT2D eigenvalue weighted by molar-refractivity contribution is -0.140. The maximum atomic E-state index is 14.7. The number of aliphatic hydroxyl groups is 1. The number of Topliss-reactive ketones (excluding diaryl/α,β-unsaturated/α-hetero) is 1. The van der Waals surface area contributed by atoms with E-state index in [9.17, 15) is 19.1 Å². The summed E-state index contributed by atoms with van der Waals surface area (Å²) in [5, 5.41) is 11.1. The zero-order valence-electron chi connectivity index (χ0n) is 17.3. The number of methoxy groups -OCH3 is 1. The first-order chi connectivity index (χ1) is 15.0. The Balaban J connectivity index is 1.82. The van der Waals surface area contributed by atoms with Crippen molar-refractivity contribution in [3.63, 3.8) is 0 Å². The van der Waals surface area contributed by atoms with Gasteiger partial charge in [0.15, 0.2) is 0 Å². The van der Waals surface area contributed by atoms with Crippen LogP contribution in [0.5, 0.6) is 5.75 Å². The van der Waals surface area contributed by atoms with Gasteiger partial charge in [-0.3, -0.25) is 9.59 Å². The quantitative estimate of drug-likeness (QED) is 0.331. The van der Waals surface area contributed by atoms with Gasteiger partial charge in [0.25, 0.3) is 11.7 Å². The van der Waals surface area contributed by atoms with E-state index >= 15 is 0 Å². The number of aryl methyl sites for hydroxylation is 1. The van der Waals surface area contributed by atoms with Gasteiger partial charge in [-0.2, -0.15) is 0 Å². The number of hydrogen-bond donors (Lipinski definition) is 1. The molecule has 1 unspecified atom stereocenters. The topological polar surface area (TPSA) is 76.1 Å². The standard InChI is InChI=1S/C24H24FNO5/c1-30-12-5-11-26-21(17-7-2-3-8-18(17)25)20(23(28)24(26)29)22(27)16-9-10-19-15(14-16)6-4-13-31-19/h2-3,7-10,14,21,27H,4-6,11-13H2,1H3/b22-20+. The number of ketones is 1. The zero-order valence-corrected chi connectivity index (χ0v) is 17.3. The lowest BCUT2D eigenvalue weighted by atomic mass is 9.93. The zero-order chi connectivity index (χ0) is 22.0. The Labute approximate surface area is 179 Å². The molecule has 0 aromatic heterocycles. The average molecular weight is 425 g/mol. The Morgan fingerprint density at radius 1 is 1.26 bits per heavy atom. The van der Waals surface area contributed by atoms with Crippen LogP contribution in [0.1, 0.15) is 35.6 Å². The molecule has 0 radical (unpaired) electrons. The summed E-state index contributed by atoms with van der Waals surface area (Å²) in [6.07, 6.45) is 2.12. The molecular formula is C24H24FNO5. The van der Waals surface area contributed by atoms with E-state index in [1.54, 1.807) is 37.4 Å². The van der Waals surface area contributed by atoms with Gasteiger partial charge in [0.1, 0.15) is 17.3 Å². The number of fused-ring (bicyclic) bond motifs is 1. The molecule has 2 aromatic rings. The number of carbonyl (C=O) groups excluding carboxylic acids is 2. The molecule has 0 spiro atoms. The second kappa shape index (κ2) is 8.89. The highest BCUT2D eigenvalue weighted by Crippen LogP contribution is 2.41. The van der Waals surface area contributed by atoms with E-state index in [2.05, 4.69) is 0 Å². The van der Waals surface area contributed by atoms with E-state index in [-0.39, 0.29) is 23.4 Å². The molecule has 1 saturated heterocycles. The molecule has 2 aromatic carbocycles. The summed E-state index contributed by atoms with van der Waals surface area (Å²) in [4.78, 5) is 27.1. The lowest BCUT2D eigenvalue weighted by Crippen LogP contribution is -2.31. The Morgan fingerprint density at radius 2 is 2.06 bits per heavy atom. The largest absolute Gasteiger partial charge is 0.507 e. The molecule has 2 heterocycles. The molecule has 4 rings (SSSR count). The third kappa shape index (κ3) is 3.93. The first-order valence-corrected chi connectivity index (χ1v) is 10.3. The fraction of sp³-hybridized carbons (Fsp3) is 0.333. The van der Waals surface area contributed by atoms with Crippen LogP contribution in [0.3, 0.4) is 0 Å². The van der Waals surface area contributed by atoms with Crippen molar-refractivity contribution in [2.75, 3.05) is 26.9 Å². The van der Waals surface area contributed by atoms with E-state index < -0.39 is 23.5 Å². The van der Waals surface area contributed by atoms with Crippen LogP contribution < -0.4 is 4.74 Å². The molecule has 2 aliphatic rings. The predicted octanol–water partition coefficient (Wildman–Crippen LogP) is 3.61. The number of benzene rings is 2. The van der Waals surface area contributed by atoms with E-state index in [4.69, 9.17) is 9.47 Å². The molecular weight excluding hydrogens is 401 g/mol. The van der Waals surface area contributed by atoms with Gasteiger partial charge in [0.2, 0.25) is 0 Å². The number of rotatable bonds is 6. The summed E-state index contributed by atoms with van der Waals surface area (Å²) < 4.78 is 25.4. The predicted molar refractivity (Wildman–Crippen MR) is 112 cm³/mol. The van der Waals surface area contributed by atoms with Crippen LogP contribution in [0.4, 0.5) is 4.39 Å². The second-order valence-electron chi connectivity index (χ2n) is 7.63.